The fraction of sp³-hybridized carbons (Fsp3) is 0.933. The number of fused-ring (bicyclic) bond motifs is 7. The molecule has 0 aromatic heterocycles. The van der Waals surface area contributed by atoms with Gasteiger partial charge in [-0.25, -0.2) is 0 Å². The van der Waals surface area contributed by atoms with Gasteiger partial charge in [0, 0.05) is 12.5 Å². The highest BCUT2D eigenvalue weighted by Gasteiger charge is 2.66. The van der Waals surface area contributed by atoms with E-state index in [9.17, 15) is 10.2 Å². The van der Waals surface area contributed by atoms with Crippen molar-refractivity contribution >= 4 is 0 Å². The molecular weight excluding hydrogens is 408 g/mol. The first-order valence-electron chi connectivity index (χ1n) is 13.9. The number of ether oxygens (including phenoxy) is 1. The van der Waals surface area contributed by atoms with Crippen LogP contribution in [0, 0.1) is 50.7 Å². The van der Waals surface area contributed by atoms with E-state index < -0.39 is 11.5 Å². The maximum Gasteiger partial charge on any atom is 0.0880 e. The molecule has 3 heteroatoms. The Morgan fingerprint density at radius 3 is 2.27 bits per heavy atom. The van der Waals surface area contributed by atoms with Crippen molar-refractivity contribution in [2.75, 3.05) is 13.7 Å². The molecule has 0 bridgehead atoms. The smallest absolute Gasteiger partial charge is 0.0880 e. The first kappa shape index (κ1) is 24.3. The zero-order valence-corrected chi connectivity index (χ0v) is 22.4. The highest BCUT2D eigenvalue weighted by molar-refractivity contribution is 5.29. The first-order chi connectivity index (χ1) is 15.3. The van der Waals surface area contributed by atoms with Crippen molar-refractivity contribution in [2.24, 2.45) is 50.7 Å². The lowest BCUT2D eigenvalue weighted by molar-refractivity contribution is -0.238. The minimum Gasteiger partial charge on any atom is -0.396 e. The second-order valence-corrected chi connectivity index (χ2v) is 14.8. The summed E-state index contributed by atoms with van der Waals surface area (Å²) in [6, 6.07) is 0. The third kappa shape index (κ3) is 3.23. The Kier molecular flexibility index (Phi) is 5.57. The molecule has 0 aromatic rings. The van der Waals surface area contributed by atoms with Crippen LogP contribution in [0.25, 0.3) is 0 Å². The van der Waals surface area contributed by atoms with Gasteiger partial charge in [0.25, 0.3) is 0 Å². The molecule has 33 heavy (non-hydrogen) atoms. The van der Waals surface area contributed by atoms with Crippen molar-refractivity contribution < 1.29 is 14.9 Å². The molecule has 0 radical (unpaired) electrons. The number of hydrogen-bond acceptors (Lipinski definition) is 3. The third-order valence-electron chi connectivity index (χ3n) is 12.6. The molecule has 5 rings (SSSR count). The van der Waals surface area contributed by atoms with Crippen LogP contribution in [-0.4, -0.2) is 36.1 Å². The van der Waals surface area contributed by atoms with Crippen molar-refractivity contribution in [3.05, 3.63) is 11.6 Å². The van der Waals surface area contributed by atoms with Crippen LogP contribution in [0.1, 0.15) is 99.3 Å². The summed E-state index contributed by atoms with van der Waals surface area (Å²) in [5.74, 6) is 2.39. The van der Waals surface area contributed by atoms with E-state index in [2.05, 4.69) is 47.6 Å². The topological polar surface area (TPSA) is 49.7 Å². The Hall–Kier alpha value is -0.380. The molecule has 0 amide bonds. The molecule has 0 aliphatic heterocycles. The quantitative estimate of drug-likeness (QED) is 0.472. The number of hydrogen-bond donors (Lipinski definition) is 2. The van der Waals surface area contributed by atoms with Crippen molar-refractivity contribution in [2.45, 2.75) is 112 Å². The summed E-state index contributed by atoms with van der Waals surface area (Å²) in [6.07, 6.45) is 13.2. The average Bonchev–Trinajstić information content (AvgIpc) is 2.76. The molecule has 4 fully saturated rings. The Morgan fingerprint density at radius 1 is 0.879 bits per heavy atom. The Balaban J connectivity index is 1.54. The highest BCUT2D eigenvalue weighted by atomic mass is 16.5. The molecule has 0 heterocycles. The molecule has 10 atom stereocenters. The van der Waals surface area contributed by atoms with E-state index in [-0.39, 0.29) is 18.1 Å². The van der Waals surface area contributed by atoms with Gasteiger partial charge in [-0.05, 0) is 103 Å². The number of allylic oxidation sites excluding steroid dienone is 2. The van der Waals surface area contributed by atoms with Crippen molar-refractivity contribution in [3.63, 3.8) is 0 Å². The van der Waals surface area contributed by atoms with Crippen molar-refractivity contribution in [3.8, 4) is 0 Å². The fourth-order valence-corrected chi connectivity index (χ4v) is 10.5. The second kappa shape index (κ2) is 7.56. The van der Waals surface area contributed by atoms with Crippen LogP contribution < -0.4 is 0 Å². The van der Waals surface area contributed by atoms with Gasteiger partial charge >= 0.3 is 0 Å². The van der Waals surface area contributed by atoms with Gasteiger partial charge in [0.2, 0.25) is 0 Å². The van der Waals surface area contributed by atoms with E-state index in [1.165, 1.54) is 38.5 Å². The van der Waals surface area contributed by atoms with E-state index in [1.54, 1.807) is 7.11 Å². The van der Waals surface area contributed by atoms with Gasteiger partial charge < -0.3 is 14.9 Å². The minimum atomic E-state index is -0.593. The first-order valence-corrected chi connectivity index (χ1v) is 13.9. The third-order valence-corrected chi connectivity index (χ3v) is 12.6. The number of methoxy groups -OCH3 is 1. The molecule has 2 N–H and O–H groups in total. The van der Waals surface area contributed by atoms with E-state index in [1.807, 2.05) is 5.57 Å². The monoisotopic (exact) mass is 458 g/mol. The lowest BCUT2D eigenvalue weighted by atomic mass is 9.36. The van der Waals surface area contributed by atoms with Gasteiger partial charge in [0.15, 0.2) is 0 Å². The summed E-state index contributed by atoms with van der Waals surface area (Å²) >= 11 is 0. The Bertz CT molecular complexity index is 817. The largest absolute Gasteiger partial charge is 0.396 e. The lowest BCUT2D eigenvalue weighted by Gasteiger charge is -2.69. The van der Waals surface area contributed by atoms with Crippen LogP contribution in [-0.2, 0) is 4.74 Å². The van der Waals surface area contributed by atoms with Gasteiger partial charge in [-0.3, -0.25) is 0 Å². The predicted octanol–water partition coefficient (Wildman–Crippen LogP) is 6.38. The molecular formula is C30H50O3. The predicted molar refractivity (Wildman–Crippen MR) is 134 cm³/mol. The summed E-state index contributed by atoms with van der Waals surface area (Å²) in [5.41, 5.74) is 2.68. The molecule has 0 aromatic carbocycles. The highest BCUT2D eigenvalue weighted by Crippen LogP contribution is 2.72. The standard InChI is InChI=1S/C30H50O3/c1-26(2)14-15-27(3)12-10-20-19(21(27)16-26)8-9-23-28(20,4)13-11-24-29(23,5)17-22(33-7)25(32)30(24,6)18-31/h8,20-25,31-32H,9-18H2,1-7H3. The van der Waals surface area contributed by atoms with E-state index in [0.717, 1.165) is 25.2 Å². The van der Waals surface area contributed by atoms with Crippen LogP contribution >= 0.6 is 0 Å². The van der Waals surface area contributed by atoms with Gasteiger partial charge in [-0.2, -0.15) is 0 Å². The van der Waals surface area contributed by atoms with E-state index in [4.69, 9.17) is 4.74 Å². The molecule has 0 spiro atoms. The van der Waals surface area contributed by atoms with Gasteiger partial charge in [-0.15, -0.1) is 0 Å². The van der Waals surface area contributed by atoms with Crippen LogP contribution in [0.4, 0.5) is 0 Å². The second-order valence-electron chi connectivity index (χ2n) is 14.8. The van der Waals surface area contributed by atoms with E-state index >= 15 is 0 Å². The number of aliphatic hydroxyl groups excluding tert-OH is 2. The van der Waals surface area contributed by atoms with Gasteiger partial charge in [0.1, 0.15) is 0 Å². The van der Waals surface area contributed by atoms with Crippen molar-refractivity contribution in [1.29, 1.82) is 0 Å². The Morgan fingerprint density at radius 2 is 1.61 bits per heavy atom. The van der Waals surface area contributed by atoms with Gasteiger partial charge in [0.05, 0.1) is 18.8 Å². The minimum absolute atomic E-state index is 0.0394. The summed E-state index contributed by atoms with van der Waals surface area (Å²) in [4.78, 5) is 0. The molecule has 4 saturated carbocycles. The molecule has 0 saturated heterocycles. The molecule has 10 unspecified atom stereocenters. The number of aliphatic hydroxyl groups is 2. The zero-order valence-electron chi connectivity index (χ0n) is 22.4. The summed E-state index contributed by atoms with van der Waals surface area (Å²) in [6.45, 7) is 14.8. The summed E-state index contributed by atoms with van der Waals surface area (Å²) in [5, 5.41) is 21.7. The molecule has 3 nitrogen and oxygen atoms in total. The molecule has 188 valence electrons. The SMILES string of the molecule is COC1CC2(C)C3CC=C4C5CC(C)(C)CCC5(C)CCC4C3(C)CCC2C(C)(CO)C1O. The maximum absolute atomic E-state index is 11.2. The van der Waals surface area contributed by atoms with E-state index in [0.29, 0.717) is 34.0 Å². The normalized spacial score (nSPS) is 55.5. The maximum atomic E-state index is 11.2. The fourth-order valence-electron chi connectivity index (χ4n) is 10.5. The van der Waals surface area contributed by atoms with Crippen molar-refractivity contribution in [1.82, 2.24) is 0 Å². The zero-order chi connectivity index (χ0) is 24.0. The van der Waals surface area contributed by atoms with Crippen LogP contribution in [0.2, 0.25) is 0 Å². The molecule has 5 aliphatic carbocycles. The summed E-state index contributed by atoms with van der Waals surface area (Å²) in [7, 11) is 1.74. The van der Waals surface area contributed by atoms with Crippen LogP contribution in [0.5, 0.6) is 0 Å². The summed E-state index contributed by atoms with van der Waals surface area (Å²) < 4.78 is 5.86. The Labute approximate surface area is 202 Å². The molecule has 5 aliphatic rings. The number of rotatable bonds is 2. The van der Waals surface area contributed by atoms with Crippen LogP contribution in [0.15, 0.2) is 11.6 Å². The van der Waals surface area contributed by atoms with Crippen LogP contribution in [0.3, 0.4) is 0 Å². The average molecular weight is 459 g/mol. The van der Waals surface area contributed by atoms with Gasteiger partial charge in [-0.1, -0.05) is 53.2 Å². The lowest BCUT2D eigenvalue weighted by Crippen LogP contribution is -2.66.